The fourth-order valence-corrected chi connectivity index (χ4v) is 4.04. The Morgan fingerprint density at radius 3 is 2.71 bits per heavy atom. The molecule has 3 aliphatic rings. The minimum atomic E-state index is 0.0500. The van der Waals surface area contributed by atoms with Crippen molar-refractivity contribution in [1.82, 2.24) is 20.0 Å². The van der Waals surface area contributed by atoms with E-state index in [0.29, 0.717) is 18.9 Å². The van der Waals surface area contributed by atoms with Gasteiger partial charge in [0.15, 0.2) is 0 Å². The third-order valence-corrected chi connectivity index (χ3v) is 5.80. The van der Waals surface area contributed by atoms with E-state index in [2.05, 4.69) is 15.1 Å². The van der Waals surface area contributed by atoms with Gasteiger partial charge in [-0.05, 0) is 50.6 Å². The van der Waals surface area contributed by atoms with Crippen LogP contribution in [-0.4, -0.2) is 63.8 Å². The van der Waals surface area contributed by atoms with Gasteiger partial charge in [-0.2, -0.15) is 0 Å². The van der Waals surface area contributed by atoms with Gasteiger partial charge in [0.25, 0.3) is 0 Å². The number of likely N-dealkylation sites (tertiary alicyclic amines) is 2. The fraction of sp³-hybridized carbons (Fsp3) is 0.824. The van der Waals surface area contributed by atoms with Crippen molar-refractivity contribution < 1.29 is 14.3 Å². The summed E-state index contributed by atoms with van der Waals surface area (Å²) in [5.41, 5.74) is 0.230. The maximum Gasteiger partial charge on any atom is 0.230 e. The minimum Gasteiger partial charge on any atom is -0.424 e. The molecule has 7 nitrogen and oxygen atoms in total. The van der Waals surface area contributed by atoms with Crippen molar-refractivity contribution in [3.8, 4) is 0 Å². The quantitative estimate of drug-likeness (QED) is 0.869. The van der Waals surface area contributed by atoms with E-state index in [4.69, 9.17) is 9.52 Å². The molecule has 1 amide bonds. The van der Waals surface area contributed by atoms with E-state index in [1.807, 2.05) is 4.90 Å². The third kappa shape index (κ3) is 3.32. The van der Waals surface area contributed by atoms with Crippen molar-refractivity contribution in [2.75, 3.05) is 32.8 Å². The van der Waals surface area contributed by atoms with Gasteiger partial charge in [0.2, 0.25) is 17.7 Å². The molecule has 3 heterocycles. The molecule has 0 bridgehead atoms. The van der Waals surface area contributed by atoms with Gasteiger partial charge in [-0.3, -0.25) is 9.69 Å². The first-order valence-corrected chi connectivity index (χ1v) is 9.11. The number of carbonyl (C=O) groups excluding carboxylic acids is 1. The highest BCUT2D eigenvalue weighted by Gasteiger charge is 2.41. The molecule has 7 heteroatoms. The first-order valence-electron chi connectivity index (χ1n) is 9.11. The highest BCUT2D eigenvalue weighted by molar-refractivity contribution is 5.77. The molecule has 24 heavy (non-hydrogen) atoms. The van der Waals surface area contributed by atoms with Crippen LogP contribution in [0.1, 0.15) is 56.2 Å². The van der Waals surface area contributed by atoms with E-state index in [9.17, 15) is 4.79 Å². The number of nitrogens with zero attached hydrogens (tertiary/aromatic N) is 4. The molecule has 1 aliphatic carbocycles. The fourth-order valence-electron chi connectivity index (χ4n) is 4.04. The number of aliphatic hydroxyl groups is 1. The second-order valence-corrected chi connectivity index (χ2v) is 7.62. The molecule has 0 aromatic carbocycles. The first-order chi connectivity index (χ1) is 11.7. The number of rotatable bonds is 5. The molecule has 3 fully saturated rings. The SMILES string of the molecule is O=C1CCC2(CCN(Cc3nnc(C4CC4)o3)CC2)CN1CCO. The van der Waals surface area contributed by atoms with E-state index in [-0.39, 0.29) is 17.9 Å². The number of β-amino-alcohol motifs (C(OH)–C–C–N with tert-alkyl or cyclic N) is 1. The average molecular weight is 334 g/mol. The van der Waals surface area contributed by atoms with Crippen molar-refractivity contribution in [3.05, 3.63) is 11.8 Å². The molecule has 1 spiro atoms. The third-order valence-electron chi connectivity index (χ3n) is 5.80. The average Bonchev–Trinajstić information content (AvgIpc) is 3.34. The Hall–Kier alpha value is -1.47. The summed E-state index contributed by atoms with van der Waals surface area (Å²) >= 11 is 0. The monoisotopic (exact) mass is 334 g/mol. The van der Waals surface area contributed by atoms with Gasteiger partial charge >= 0.3 is 0 Å². The minimum absolute atomic E-state index is 0.0500. The van der Waals surface area contributed by atoms with Crippen molar-refractivity contribution in [3.63, 3.8) is 0 Å². The zero-order chi connectivity index (χ0) is 16.6. The lowest BCUT2D eigenvalue weighted by atomic mass is 9.72. The number of hydrogen-bond donors (Lipinski definition) is 1. The molecule has 0 atom stereocenters. The van der Waals surface area contributed by atoms with Crippen LogP contribution in [0.25, 0.3) is 0 Å². The summed E-state index contributed by atoms with van der Waals surface area (Å²) in [6, 6.07) is 0. The second kappa shape index (κ2) is 6.44. The van der Waals surface area contributed by atoms with Crippen molar-refractivity contribution >= 4 is 5.91 Å². The van der Waals surface area contributed by atoms with E-state index in [0.717, 1.165) is 57.2 Å². The van der Waals surface area contributed by atoms with Gasteiger partial charge in [-0.25, -0.2) is 0 Å². The number of piperidine rings is 2. The van der Waals surface area contributed by atoms with Crippen LogP contribution < -0.4 is 0 Å². The summed E-state index contributed by atoms with van der Waals surface area (Å²) < 4.78 is 5.77. The van der Waals surface area contributed by atoms with Gasteiger partial charge in [0.05, 0.1) is 13.2 Å². The Balaban J connectivity index is 1.31. The number of aromatic nitrogens is 2. The highest BCUT2D eigenvalue weighted by Crippen LogP contribution is 2.41. The van der Waals surface area contributed by atoms with E-state index >= 15 is 0 Å². The molecule has 1 aromatic rings. The standard InChI is InChI=1S/C17H26N4O3/c22-10-9-21-12-17(4-3-15(21)23)5-7-20(8-6-17)11-14-18-19-16(24-14)13-1-2-13/h13,22H,1-12H2. The summed E-state index contributed by atoms with van der Waals surface area (Å²) in [7, 11) is 0. The van der Waals surface area contributed by atoms with Crippen LogP contribution in [0.2, 0.25) is 0 Å². The van der Waals surface area contributed by atoms with Gasteiger partial charge in [0, 0.05) is 25.4 Å². The summed E-state index contributed by atoms with van der Waals surface area (Å²) in [6.07, 6.45) is 6.13. The lowest BCUT2D eigenvalue weighted by Gasteiger charge is -2.47. The molecule has 1 N–H and O–H groups in total. The first kappa shape index (κ1) is 16.0. The number of carbonyl (C=O) groups is 1. The predicted molar refractivity (Wildman–Crippen MR) is 86.1 cm³/mol. The summed E-state index contributed by atoms with van der Waals surface area (Å²) in [5, 5.41) is 17.5. The Kier molecular flexibility index (Phi) is 4.30. The maximum atomic E-state index is 12.0. The van der Waals surface area contributed by atoms with Crippen molar-refractivity contribution in [2.24, 2.45) is 5.41 Å². The van der Waals surface area contributed by atoms with Crippen LogP contribution in [0.4, 0.5) is 0 Å². The maximum absolute atomic E-state index is 12.0. The molecular weight excluding hydrogens is 308 g/mol. The van der Waals surface area contributed by atoms with Gasteiger partial charge in [-0.1, -0.05) is 0 Å². The lowest BCUT2D eigenvalue weighted by molar-refractivity contribution is -0.139. The molecule has 0 unspecified atom stereocenters. The summed E-state index contributed by atoms with van der Waals surface area (Å²) in [4.78, 5) is 16.2. The molecule has 4 rings (SSSR count). The predicted octanol–water partition coefficient (Wildman–Crippen LogP) is 1.14. The van der Waals surface area contributed by atoms with Crippen LogP contribution >= 0.6 is 0 Å². The smallest absolute Gasteiger partial charge is 0.230 e. The van der Waals surface area contributed by atoms with Crippen LogP contribution in [0.5, 0.6) is 0 Å². The molecule has 0 radical (unpaired) electrons. The summed E-state index contributed by atoms with van der Waals surface area (Å²) in [5.74, 6) is 2.24. The zero-order valence-electron chi connectivity index (χ0n) is 14.1. The zero-order valence-corrected chi connectivity index (χ0v) is 14.1. The molecule has 2 saturated heterocycles. The molecule has 2 aliphatic heterocycles. The van der Waals surface area contributed by atoms with Crippen molar-refractivity contribution in [2.45, 2.75) is 51.0 Å². The van der Waals surface area contributed by atoms with Crippen LogP contribution in [0.3, 0.4) is 0 Å². The van der Waals surface area contributed by atoms with Gasteiger partial charge in [-0.15, -0.1) is 10.2 Å². The largest absolute Gasteiger partial charge is 0.424 e. The van der Waals surface area contributed by atoms with E-state index in [1.54, 1.807) is 0 Å². The van der Waals surface area contributed by atoms with E-state index < -0.39 is 0 Å². The number of aliphatic hydroxyl groups excluding tert-OH is 1. The molecule has 1 aromatic heterocycles. The topological polar surface area (TPSA) is 82.7 Å². The molecular formula is C17H26N4O3. The van der Waals surface area contributed by atoms with E-state index in [1.165, 1.54) is 12.8 Å². The van der Waals surface area contributed by atoms with Gasteiger partial charge < -0.3 is 14.4 Å². The van der Waals surface area contributed by atoms with Crippen molar-refractivity contribution in [1.29, 1.82) is 0 Å². The second-order valence-electron chi connectivity index (χ2n) is 7.62. The lowest BCUT2D eigenvalue weighted by Crippen LogP contribution is -2.51. The normalized spacial score (nSPS) is 24.7. The van der Waals surface area contributed by atoms with Gasteiger partial charge in [0.1, 0.15) is 0 Å². The van der Waals surface area contributed by atoms with Crippen LogP contribution in [-0.2, 0) is 11.3 Å². The highest BCUT2D eigenvalue weighted by atomic mass is 16.4. The Morgan fingerprint density at radius 1 is 1.21 bits per heavy atom. The van der Waals surface area contributed by atoms with Crippen LogP contribution in [0, 0.1) is 5.41 Å². The Labute approximate surface area is 142 Å². The number of hydrogen-bond acceptors (Lipinski definition) is 6. The Bertz CT molecular complexity index is 590. The summed E-state index contributed by atoms with van der Waals surface area (Å²) in [6.45, 7) is 4.05. The molecule has 132 valence electrons. The van der Waals surface area contributed by atoms with Crippen LogP contribution in [0.15, 0.2) is 4.42 Å². The molecule has 1 saturated carbocycles. The Morgan fingerprint density at radius 2 is 2.00 bits per heavy atom. The number of amides is 1.